The van der Waals surface area contributed by atoms with E-state index >= 15 is 0 Å². The van der Waals surface area contributed by atoms with Gasteiger partial charge in [-0.25, -0.2) is 4.79 Å². The molecule has 1 aromatic carbocycles. The summed E-state index contributed by atoms with van der Waals surface area (Å²) in [6.07, 6.45) is 6.42. The normalized spacial score (nSPS) is 18.5. The molecule has 0 bridgehead atoms. The number of benzene rings is 1. The summed E-state index contributed by atoms with van der Waals surface area (Å²) in [5, 5.41) is 5.57. The number of rotatable bonds is 8. The molecule has 2 aliphatic rings. The summed E-state index contributed by atoms with van der Waals surface area (Å²) in [6, 6.07) is 6.77. The van der Waals surface area contributed by atoms with Crippen LogP contribution in [-0.2, 0) is 9.59 Å². The van der Waals surface area contributed by atoms with Crippen LogP contribution >= 0.6 is 0 Å². The number of amides is 4. The first-order chi connectivity index (χ1) is 14.5. The first-order valence-electron chi connectivity index (χ1n) is 10.8. The smallest absolute Gasteiger partial charge is 0.325 e. The second-order valence-corrected chi connectivity index (χ2v) is 7.77. The standard InChI is InChI=1S/C22H31N3O5/c1-2-29-17-8-10-18(11-9-17)30-15-14-23-19(26)16-25-20(27)22(24-21(25)28)12-6-4-3-5-7-13-22/h8-11H,2-7,12-16H2,1H3,(H,23,26)(H,24,28). The average molecular weight is 418 g/mol. The minimum absolute atomic E-state index is 0.268. The van der Waals surface area contributed by atoms with Crippen molar-refractivity contribution in [3.8, 4) is 11.5 Å². The van der Waals surface area contributed by atoms with Crippen LogP contribution in [-0.4, -0.2) is 54.6 Å². The Bertz CT molecular complexity index is 742. The van der Waals surface area contributed by atoms with Gasteiger partial charge in [-0.3, -0.25) is 14.5 Å². The van der Waals surface area contributed by atoms with E-state index in [1.165, 1.54) is 6.42 Å². The summed E-state index contributed by atoms with van der Waals surface area (Å²) in [4.78, 5) is 38.6. The lowest BCUT2D eigenvalue weighted by Gasteiger charge is -2.28. The minimum atomic E-state index is -0.825. The van der Waals surface area contributed by atoms with Crippen LogP contribution in [0.2, 0.25) is 0 Å². The first kappa shape index (κ1) is 21.9. The van der Waals surface area contributed by atoms with Crippen LogP contribution in [0.1, 0.15) is 51.9 Å². The zero-order valence-electron chi connectivity index (χ0n) is 17.6. The van der Waals surface area contributed by atoms with Crippen LogP contribution in [0.15, 0.2) is 24.3 Å². The molecule has 0 radical (unpaired) electrons. The number of nitrogens with one attached hydrogen (secondary N) is 2. The van der Waals surface area contributed by atoms with Gasteiger partial charge in [0.15, 0.2) is 0 Å². The molecule has 1 saturated heterocycles. The zero-order chi connectivity index (χ0) is 21.4. The highest BCUT2D eigenvalue weighted by molar-refractivity contribution is 6.09. The largest absolute Gasteiger partial charge is 0.494 e. The van der Waals surface area contributed by atoms with Crippen molar-refractivity contribution in [3.63, 3.8) is 0 Å². The Labute approximate surface area is 177 Å². The molecular formula is C22H31N3O5. The molecule has 30 heavy (non-hydrogen) atoms. The van der Waals surface area contributed by atoms with Gasteiger partial charge in [0.05, 0.1) is 13.2 Å². The predicted octanol–water partition coefficient (Wildman–Crippen LogP) is 2.62. The Kier molecular flexibility index (Phi) is 7.54. The van der Waals surface area contributed by atoms with Crippen molar-refractivity contribution in [1.82, 2.24) is 15.5 Å². The van der Waals surface area contributed by atoms with E-state index in [1.807, 2.05) is 19.1 Å². The molecule has 0 atom stereocenters. The molecule has 1 spiro atoms. The monoisotopic (exact) mass is 417 g/mol. The third-order valence-electron chi connectivity index (χ3n) is 5.58. The molecule has 1 aliphatic carbocycles. The van der Waals surface area contributed by atoms with Crippen molar-refractivity contribution in [3.05, 3.63) is 24.3 Å². The summed E-state index contributed by atoms with van der Waals surface area (Å²) in [7, 11) is 0. The van der Waals surface area contributed by atoms with Gasteiger partial charge < -0.3 is 20.1 Å². The van der Waals surface area contributed by atoms with Gasteiger partial charge >= 0.3 is 6.03 Å². The van der Waals surface area contributed by atoms with Crippen LogP contribution in [0.25, 0.3) is 0 Å². The van der Waals surface area contributed by atoms with Gasteiger partial charge in [0.2, 0.25) is 5.91 Å². The molecule has 164 valence electrons. The molecule has 8 nitrogen and oxygen atoms in total. The molecule has 2 fully saturated rings. The summed E-state index contributed by atoms with van der Waals surface area (Å²) < 4.78 is 11.0. The molecule has 8 heteroatoms. The number of ether oxygens (including phenoxy) is 2. The first-order valence-corrected chi connectivity index (χ1v) is 10.8. The Hall–Kier alpha value is -2.77. The van der Waals surface area contributed by atoms with Gasteiger partial charge in [-0.1, -0.05) is 32.1 Å². The molecule has 0 unspecified atom stereocenters. The lowest BCUT2D eigenvalue weighted by atomic mass is 9.84. The molecular weight excluding hydrogens is 386 g/mol. The fraction of sp³-hybridized carbons (Fsp3) is 0.591. The Morgan fingerprint density at radius 2 is 1.63 bits per heavy atom. The highest BCUT2D eigenvalue weighted by atomic mass is 16.5. The topological polar surface area (TPSA) is 97.0 Å². The Balaban J connectivity index is 1.43. The van der Waals surface area contributed by atoms with Gasteiger partial charge in [-0.15, -0.1) is 0 Å². The quantitative estimate of drug-likeness (QED) is 0.501. The summed E-state index contributed by atoms with van der Waals surface area (Å²) >= 11 is 0. The molecule has 4 amide bonds. The van der Waals surface area contributed by atoms with E-state index in [4.69, 9.17) is 9.47 Å². The second-order valence-electron chi connectivity index (χ2n) is 7.77. The molecule has 1 aromatic rings. The summed E-state index contributed by atoms with van der Waals surface area (Å²) in [5.74, 6) is 0.800. The third-order valence-corrected chi connectivity index (χ3v) is 5.58. The maximum atomic E-state index is 12.9. The number of urea groups is 1. The average Bonchev–Trinajstić information content (AvgIpc) is 2.94. The zero-order valence-corrected chi connectivity index (χ0v) is 17.6. The maximum absolute atomic E-state index is 12.9. The van der Waals surface area contributed by atoms with E-state index in [1.54, 1.807) is 12.1 Å². The van der Waals surface area contributed by atoms with Crippen LogP contribution in [0, 0.1) is 0 Å². The Morgan fingerprint density at radius 3 is 2.27 bits per heavy atom. The van der Waals surface area contributed by atoms with Crippen LogP contribution in [0.4, 0.5) is 4.79 Å². The summed E-state index contributed by atoms with van der Waals surface area (Å²) in [6.45, 7) is 2.81. The number of hydrogen-bond donors (Lipinski definition) is 2. The number of carbonyl (C=O) groups is 3. The molecule has 1 aliphatic heterocycles. The SMILES string of the molecule is CCOc1ccc(OCCNC(=O)CN2C(=O)NC3(CCCCCCC3)C2=O)cc1. The fourth-order valence-corrected chi connectivity index (χ4v) is 4.03. The lowest BCUT2D eigenvalue weighted by Crippen LogP contribution is -2.48. The van der Waals surface area contributed by atoms with Gasteiger partial charge in [-0.2, -0.15) is 0 Å². The molecule has 1 saturated carbocycles. The Morgan fingerprint density at radius 1 is 1.03 bits per heavy atom. The van der Waals surface area contributed by atoms with Gasteiger partial charge in [0.1, 0.15) is 30.2 Å². The van der Waals surface area contributed by atoms with Crippen molar-refractivity contribution in [1.29, 1.82) is 0 Å². The van der Waals surface area contributed by atoms with E-state index in [2.05, 4.69) is 10.6 Å². The van der Waals surface area contributed by atoms with Crippen molar-refractivity contribution in [2.75, 3.05) is 26.3 Å². The van der Waals surface area contributed by atoms with Crippen LogP contribution in [0.5, 0.6) is 11.5 Å². The van der Waals surface area contributed by atoms with Gasteiger partial charge in [0.25, 0.3) is 5.91 Å². The minimum Gasteiger partial charge on any atom is -0.494 e. The van der Waals surface area contributed by atoms with Crippen LogP contribution in [0.3, 0.4) is 0 Å². The van der Waals surface area contributed by atoms with E-state index < -0.39 is 11.6 Å². The van der Waals surface area contributed by atoms with Crippen LogP contribution < -0.4 is 20.1 Å². The molecule has 3 rings (SSSR count). The van der Waals surface area contributed by atoms with E-state index in [9.17, 15) is 14.4 Å². The highest BCUT2D eigenvalue weighted by Gasteiger charge is 2.50. The van der Waals surface area contributed by atoms with E-state index in [-0.39, 0.29) is 31.5 Å². The van der Waals surface area contributed by atoms with Crippen molar-refractivity contribution >= 4 is 17.8 Å². The molecule has 2 N–H and O–H groups in total. The number of nitrogens with zero attached hydrogens (tertiary/aromatic N) is 1. The van der Waals surface area contributed by atoms with E-state index in [0.29, 0.717) is 25.2 Å². The maximum Gasteiger partial charge on any atom is 0.325 e. The van der Waals surface area contributed by atoms with Crippen molar-refractivity contribution in [2.24, 2.45) is 0 Å². The lowest BCUT2D eigenvalue weighted by molar-refractivity contribution is -0.135. The number of hydrogen-bond acceptors (Lipinski definition) is 5. The third kappa shape index (κ3) is 5.43. The molecule has 0 aromatic heterocycles. The van der Waals surface area contributed by atoms with Crippen molar-refractivity contribution in [2.45, 2.75) is 57.4 Å². The van der Waals surface area contributed by atoms with Gasteiger partial charge in [0, 0.05) is 0 Å². The van der Waals surface area contributed by atoms with Crippen molar-refractivity contribution < 1.29 is 23.9 Å². The summed E-state index contributed by atoms with van der Waals surface area (Å²) in [5.41, 5.74) is -0.825. The fourth-order valence-electron chi connectivity index (χ4n) is 4.03. The highest BCUT2D eigenvalue weighted by Crippen LogP contribution is 2.31. The van der Waals surface area contributed by atoms with Gasteiger partial charge in [-0.05, 0) is 44.0 Å². The predicted molar refractivity (Wildman–Crippen MR) is 111 cm³/mol. The number of imide groups is 1. The van der Waals surface area contributed by atoms with E-state index in [0.717, 1.165) is 36.3 Å². The number of carbonyl (C=O) groups excluding carboxylic acids is 3. The molecule has 1 heterocycles. The second kappa shape index (κ2) is 10.3.